The molecule has 6 rings (SSSR count). The number of benzene rings is 2. The SMILES string of the molecule is COC(=O)N1C(=O)C2CC=C3C(CC4C(=O)N(c5ccccc5)C(=O)C4(C)C3c3c(O)cccc3OC)C2C1=O. The summed E-state index contributed by atoms with van der Waals surface area (Å²) in [6.07, 6.45) is 1.07. The third-order valence-electron chi connectivity index (χ3n) is 9.20. The Morgan fingerprint density at radius 3 is 2.35 bits per heavy atom. The quantitative estimate of drug-likeness (QED) is 0.460. The van der Waals surface area contributed by atoms with Crippen LogP contribution in [0.1, 0.15) is 31.2 Å². The molecule has 0 bridgehead atoms. The number of likely N-dealkylation sites (tertiary alicyclic amines) is 1. The van der Waals surface area contributed by atoms with Gasteiger partial charge in [-0.05, 0) is 49.9 Å². The fourth-order valence-corrected chi connectivity index (χ4v) is 7.42. The highest BCUT2D eigenvalue weighted by molar-refractivity contribution is 6.24. The van der Waals surface area contributed by atoms with Gasteiger partial charge >= 0.3 is 6.09 Å². The first-order valence-electron chi connectivity index (χ1n) is 13.1. The molecule has 40 heavy (non-hydrogen) atoms. The lowest BCUT2D eigenvalue weighted by atomic mass is 9.51. The Labute approximate surface area is 230 Å². The number of hydrogen-bond donors (Lipinski definition) is 1. The van der Waals surface area contributed by atoms with E-state index in [9.17, 15) is 29.1 Å². The number of hydrogen-bond acceptors (Lipinski definition) is 8. The van der Waals surface area contributed by atoms with E-state index in [2.05, 4.69) is 0 Å². The van der Waals surface area contributed by atoms with Gasteiger partial charge in [-0.15, -0.1) is 0 Å². The Kier molecular flexibility index (Phi) is 5.83. The summed E-state index contributed by atoms with van der Waals surface area (Å²) in [7, 11) is 2.55. The van der Waals surface area contributed by atoms with Crippen LogP contribution in [0.5, 0.6) is 11.5 Å². The molecule has 10 nitrogen and oxygen atoms in total. The molecule has 3 fully saturated rings. The van der Waals surface area contributed by atoms with Crippen molar-refractivity contribution in [2.45, 2.75) is 25.7 Å². The van der Waals surface area contributed by atoms with Crippen LogP contribution < -0.4 is 9.64 Å². The van der Waals surface area contributed by atoms with Crippen molar-refractivity contribution in [2.24, 2.45) is 29.1 Å². The molecule has 1 saturated carbocycles. The maximum absolute atomic E-state index is 14.3. The third-order valence-corrected chi connectivity index (χ3v) is 9.20. The Balaban J connectivity index is 1.56. The highest BCUT2D eigenvalue weighted by Crippen LogP contribution is 2.65. The predicted molar refractivity (Wildman–Crippen MR) is 140 cm³/mol. The van der Waals surface area contributed by atoms with E-state index < -0.39 is 64.7 Å². The molecule has 0 spiro atoms. The number of nitrogens with zero attached hydrogens (tertiary/aromatic N) is 2. The smallest absolute Gasteiger partial charge is 0.423 e. The number of phenolic OH excluding ortho intramolecular Hbond substituents is 1. The maximum atomic E-state index is 14.3. The van der Waals surface area contributed by atoms with Gasteiger partial charge in [-0.3, -0.25) is 19.2 Å². The molecule has 1 N–H and O–H groups in total. The summed E-state index contributed by atoms with van der Waals surface area (Å²) in [5, 5.41) is 11.2. The number of phenols is 1. The molecule has 2 aromatic rings. The average Bonchev–Trinajstić information content (AvgIpc) is 3.33. The fourth-order valence-electron chi connectivity index (χ4n) is 7.42. The topological polar surface area (TPSA) is 131 Å². The Morgan fingerprint density at radius 2 is 1.68 bits per heavy atom. The monoisotopic (exact) mass is 544 g/mol. The van der Waals surface area contributed by atoms with E-state index in [0.29, 0.717) is 27.5 Å². The van der Waals surface area contributed by atoms with Gasteiger partial charge in [-0.2, -0.15) is 4.90 Å². The molecule has 6 unspecified atom stereocenters. The van der Waals surface area contributed by atoms with Crippen LogP contribution in [0.15, 0.2) is 60.2 Å². The minimum Gasteiger partial charge on any atom is -0.508 e. The van der Waals surface area contributed by atoms with Gasteiger partial charge in [0.1, 0.15) is 11.5 Å². The number of para-hydroxylation sites is 1. The fraction of sp³-hybridized carbons (Fsp3) is 0.367. The number of allylic oxidation sites excluding steroid dienone is 2. The molecule has 6 atom stereocenters. The van der Waals surface area contributed by atoms with Crippen molar-refractivity contribution in [1.29, 1.82) is 0 Å². The Hall–Kier alpha value is -4.47. The number of carbonyl (C=O) groups excluding carboxylic acids is 5. The second-order valence-corrected chi connectivity index (χ2v) is 10.9. The molecule has 2 saturated heterocycles. The second-order valence-electron chi connectivity index (χ2n) is 10.9. The predicted octanol–water partition coefficient (Wildman–Crippen LogP) is 3.40. The van der Waals surface area contributed by atoms with Gasteiger partial charge in [0.2, 0.25) is 23.6 Å². The summed E-state index contributed by atoms with van der Waals surface area (Å²) < 4.78 is 10.3. The van der Waals surface area contributed by atoms with E-state index in [0.717, 1.165) is 7.11 Å². The van der Waals surface area contributed by atoms with E-state index in [1.54, 1.807) is 49.4 Å². The van der Waals surface area contributed by atoms with E-state index in [-0.39, 0.29) is 18.6 Å². The second kappa shape index (κ2) is 9.04. The summed E-state index contributed by atoms with van der Waals surface area (Å²) in [5.41, 5.74) is 0.102. The average molecular weight is 545 g/mol. The van der Waals surface area contributed by atoms with E-state index >= 15 is 0 Å². The molecule has 5 amide bonds. The van der Waals surface area contributed by atoms with E-state index in [4.69, 9.17) is 9.47 Å². The van der Waals surface area contributed by atoms with Crippen LogP contribution in [-0.2, 0) is 23.9 Å². The van der Waals surface area contributed by atoms with Crippen LogP contribution in [0, 0.1) is 29.1 Å². The lowest BCUT2D eigenvalue weighted by molar-refractivity contribution is -0.138. The number of methoxy groups -OCH3 is 2. The lowest BCUT2D eigenvalue weighted by Gasteiger charge is -2.49. The Morgan fingerprint density at radius 1 is 0.950 bits per heavy atom. The maximum Gasteiger partial charge on any atom is 0.423 e. The van der Waals surface area contributed by atoms with Crippen molar-refractivity contribution in [3.05, 3.63) is 65.7 Å². The van der Waals surface area contributed by atoms with Crippen molar-refractivity contribution in [1.82, 2.24) is 4.90 Å². The summed E-state index contributed by atoms with van der Waals surface area (Å²) in [5.74, 6) is -5.99. The largest absolute Gasteiger partial charge is 0.508 e. The van der Waals surface area contributed by atoms with Crippen molar-refractivity contribution in [3.8, 4) is 11.5 Å². The zero-order valence-corrected chi connectivity index (χ0v) is 22.2. The molecular formula is C30H28N2O8. The van der Waals surface area contributed by atoms with Crippen LogP contribution in [0.3, 0.4) is 0 Å². The summed E-state index contributed by atoms with van der Waals surface area (Å²) in [6.45, 7) is 1.73. The molecule has 2 aliphatic heterocycles. The van der Waals surface area contributed by atoms with Crippen molar-refractivity contribution < 1.29 is 38.6 Å². The summed E-state index contributed by atoms with van der Waals surface area (Å²) >= 11 is 0. The van der Waals surface area contributed by atoms with E-state index in [1.165, 1.54) is 18.1 Å². The van der Waals surface area contributed by atoms with Crippen LogP contribution in [-0.4, -0.2) is 53.9 Å². The van der Waals surface area contributed by atoms with Crippen molar-refractivity contribution >= 4 is 35.4 Å². The van der Waals surface area contributed by atoms with Gasteiger partial charge in [0, 0.05) is 11.5 Å². The van der Waals surface area contributed by atoms with Crippen LogP contribution in [0.4, 0.5) is 10.5 Å². The first-order chi connectivity index (χ1) is 19.2. The standard InChI is InChI=1S/C30H28N2O8/c1-30-19(26(35)31(28(30)37)15-8-5-4-6-9-15)14-18-16(24(30)23-20(33)10-7-11-21(23)39-2)12-13-17-22(18)27(36)32(25(17)34)29(38)40-3/h4-12,17-19,22,24,33H,13-14H2,1-3H3. The highest BCUT2D eigenvalue weighted by atomic mass is 16.5. The molecule has 4 aliphatic rings. The molecule has 2 aromatic carbocycles. The summed E-state index contributed by atoms with van der Waals surface area (Å²) in [6, 6.07) is 13.4. The highest BCUT2D eigenvalue weighted by Gasteiger charge is 2.68. The van der Waals surface area contributed by atoms with Gasteiger partial charge in [-0.25, -0.2) is 9.69 Å². The lowest BCUT2D eigenvalue weighted by Crippen LogP contribution is -2.49. The van der Waals surface area contributed by atoms with Crippen LogP contribution in [0.25, 0.3) is 0 Å². The normalized spacial score (nSPS) is 31.0. The van der Waals surface area contributed by atoms with Crippen LogP contribution in [0.2, 0.25) is 0 Å². The minimum absolute atomic E-state index is 0.114. The molecule has 206 valence electrons. The zero-order chi connectivity index (χ0) is 28.5. The molecule has 10 heteroatoms. The van der Waals surface area contributed by atoms with E-state index in [1.807, 2.05) is 6.08 Å². The van der Waals surface area contributed by atoms with Gasteiger partial charge in [0.05, 0.1) is 43.1 Å². The number of imide groups is 4. The van der Waals surface area contributed by atoms with Gasteiger partial charge < -0.3 is 14.6 Å². The minimum atomic E-state index is -1.33. The van der Waals surface area contributed by atoms with Crippen molar-refractivity contribution in [3.63, 3.8) is 0 Å². The number of aromatic hydroxyl groups is 1. The number of rotatable bonds is 3. The first kappa shape index (κ1) is 25.8. The van der Waals surface area contributed by atoms with Crippen molar-refractivity contribution in [2.75, 3.05) is 19.1 Å². The molecule has 0 radical (unpaired) electrons. The summed E-state index contributed by atoms with van der Waals surface area (Å²) in [4.78, 5) is 69.2. The first-order valence-corrected chi connectivity index (χ1v) is 13.1. The van der Waals surface area contributed by atoms with Gasteiger partial charge in [0.25, 0.3) is 0 Å². The number of amides is 5. The zero-order valence-electron chi connectivity index (χ0n) is 22.2. The van der Waals surface area contributed by atoms with Gasteiger partial charge in [-0.1, -0.05) is 35.9 Å². The number of ether oxygens (including phenoxy) is 2. The number of fused-ring (bicyclic) bond motifs is 4. The number of anilines is 1. The third kappa shape index (κ3) is 3.25. The molecule has 0 aromatic heterocycles. The number of carbonyl (C=O) groups is 5. The molecule has 2 aliphatic carbocycles. The Bertz CT molecular complexity index is 1500. The molecular weight excluding hydrogens is 516 g/mol. The molecule has 2 heterocycles. The van der Waals surface area contributed by atoms with Gasteiger partial charge in [0.15, 0.2) is 0 Å². The van der Waals surface area contributed by atoms with Crippen LogP contribution >= 0.6 is 0 Å².